The van der Waals surface area contributed by atoms with E-state index >= 15 is 0 Å². The van der Waals surface area contributed by atoms with Crippen molar-refractivity contribution in [3.05, 3.63) is 46.5 Å². The Kier molecular flexibility index (Phi) is 3.43. The summed E-state index contributed by atoms with van der Waals surface area (Å²) in [7, 11) is 0. The van der Waals surface area contributed by atoms with Crippen LogP contribution in [-0.4, -0.2) is 18.5 Å². The first-order chi connectivity index (χ1) is 8.08. The van der Waals surface area contributed by atoms with E-state index in [1.165, 1.54) is 11.1 Å². The van der Waals surface area contributed by atoms with Crippen molar-refractivity contribution < 1.29 is 9.53 Å². The molecule has 0 aromatic heterocycles. The fourth-order valence-electron chi connectivity index (χ4n) is 1.93. The van der Waals surface area contributed by atoms with Gasteiger partial charge in [0.15, 0.2) is 5.78 Å². The summed E-state index contributed by atoms with van der Waals surface area (Å²) in [6.07, 6.45) is 0.417. The van der Waals surface area contributed by atoms with Gasteiger partial charge in [-0.1, -0.05) is 35.4 Å². The van der Waals surface area contributed by atoms with Crippen LogP contribution in [0.4, 0.5) is 0 Å². The molecule has 0 saturated carbocycles. The van der Waals surface area contributed by atoms with Crippen LogP contribution in [0.25, 0.3) is 0 Å². The topological polar surface area (TPSA) is 26.3 Å². The number of carbonyl (C=O) groups is 1. The highest BCUT2D eigenvalue weighted by atomic mass is 16.5. The molecule has 0 amide bonds. The van der Waals surface area contributed by atoms with Crippen LogP contribution in [0.2, 0.25) is 0 Å². The summed E-state index contributed by atoms with van der Waals surface area (Å²) in [4.78, 5) is 12.2. The predicted molar refractivity (Wildman–Crippen MR) is 68.2 cm³/mol. The Morgan fingerprint density at radius 1 is 1.12 bits per heavy atom. The molecule has 0 unspecified atom stereocenters. The molecule has 1 aliphatic heterocycles. The third kappa shape index (κ3) is 2.64. The molecular formula is C15H18O2. The van der Waals surface area contributed by atoms with Crippen molar-refractivity contribution in [3.8, 4) is 0 Å². The molecule has 1 atom stereocenters. The Bertz CT molecular complexity index is 454. The van der Waals surface area contributed by atoms with Crippen molar-refractivity contribution in [1.29, 1.82) is 0 Å². The van der Waals surface area contributed by atoms with Crippen LogP contribution in [0.5, 0.6) is 0 Å². The van der Waals surface area contributed by atoms with Gasteiger partial charge in [0.1, 0.15) is 6.10 Å². The van der Waals surface area contributed by atoms with Crippen LogP contribution in [0.3, 0.4) is 0 Å². The standard InChI is InChI=1S/C15H18O2/c1-10-4-6-13(7-5-10)15(16)14-8-11(2)12(3)9-17-14/h4-7,14H,8-9H2,1-3H3/t14-/m1/s1. The highest BCUT2D eigenvalue weighted by Gasteiger charge is 2.24. The smallest absolute Gasteiger partial charge is 0.191 e. The molecular weight excluding hydrogens is 212 g/mol. The van der Waals surface area contributed by atoms with E-state index in [-0.39, 0.29) is 11.9 Å². The number of Topliss-reactive ketones (excluding diaryl/α,β-unsaturated/α-hetero) is 1. The predicted octanol–water partition coefficient (Wildman–Crippen LogP) is 3.30. The second-order valence-electron chi connectivity index (χ2n) is 4.79. The van der Waals surface area contributed by atoms with Crippen LogP contribution >= 0.6 is 0 Å². The SMILES string of the molecule is CC1=C(C)C[C@H](C(=O)c2ccc(C)cc2)OC1. The fraction of sp³-hybridized carbons (Fsp3) is 0.400. The molecule has 2 rings (SSSR count). The first-order valence-electron chi connectivity index (χ1n) is 5.95. The van der Waals surface area contributed by atoms with Crippen molar-refractivity contribution in [3.63, 3.8) is 0 Å². The normalized spacial score (nSPS) is 20.5. The first kappa shape index (κ1) is 12.1. The summed E-state index contributed by atoms with van der Waals surface area (Å²) in [6.45, 7) is 6.73. The van der Waals surface area contributed by atoms with Gasteiger partial charge >= 0.3 is 0 Å². The number of ketones is 1. The maximum atomic E-state index is 12.2. The minimum atomic E-state index is -0.304. The maximum absolute atomic E-state index is 12.2. The Labute approximate surface area is 102 Å². The Hall–Kier alpha value is -1.41. The highest BCUT2D eigenvalue weighted by molar-refractivity contribution is 5.99. The van der Waals surface area contributed by atoms with Gasteiger partial charge in [-0.15, -0.1) is 0 Å². The monoisotopic (exact) mass is 230 g/mol. The Balaban J connectivity index is 2.14. The second kappa shape index (κ2) is 4.84. The average Bonchev–Trinajstić information content (AvgIpc) is 2.33. The van der Waals surface area contributed by atoms with Crippen molar-refractivity contribution in [2.45, 2.75) is 33.3 Å². The van der Waals surface area contributed by atoms with Gasteiger partial charge in [-0.2, -0.15) is 0 Å². The molecule has 0 aliphatic carbocycles. The lowest BCUT2D eigenvalue weighted by atomic mass is 9.96. The lowest BCUT2D eigenvalue weighted by molar-refractivity contribution is 0.0434. The number of rotatable bonds is 2. The molecule has 2 heteroatoms. The highest BCUT2D eigenvalue weighted by Crippen LogP contribution is 2.22. The summed E-state index contributed by atoms with van der Waals surface area (Å²) in [6, 6.07) is 7.68. The number of hydrogen-bond donors (Lipinski definition) is 0. The van der Waals surface area contributed by atoms with E-state index in [4.69, 9.17) is 4.74 Å². The summed E-state index contributed by atoms with van der Waals surface area (Å²) < 4.78 is 5.60. The molecule has 1 aromatic rings. The van der Waals surface area contributed by atoms with E-state index in [1.807, 2.05) is 31.2 Å². The van der Waals surface area contributed by atoms with Gasteiger partial charge in [-0.05, 0) is 26.3 Å². The van der Waals surface area contributed by atoms with Gasteiger partial charge in [-0.25, -0.2) is 0 Å². The zero-order chi connectivity index (χ0) is 12.4. The van der Waals surface area contributed by atoms with Gasteiger partial charge in [0.2, 0.25) is 0 Å². The average molecular weight is 230 g/mol. The van der Waals surface area contributed by atoms with E-state index in [0.717, 1.165) is 17.5 Å². The van der Waals surface area contributed by atoms with Crippen LogP contribution < -0.4 is 0 Å². The summed E-state index contributed by atoms with van der Waals surface area (Å²) in [5.41, 5.74) is 4.44. The Morgan fingerprint density at radius 3 is 2.35 bits per heavy atom. The lowest BCUT2D eigenvalue weighted by Gasteiger charge is -2.24. The molecule has 1 aromatic carbocycles. The van der Waals surface area contributed by atoms with Crippen molar-refractivity contribution in [2.75, 3.05) is 6.61 Å². The lowest BCUT2D eigenvalue weighted by Crippen LogP contribution is -2.29. The summed E-state index contributed by atoms with van der Waals surface area (Å²) >= 11 is 0. The molecule has 1 aliphatic rings. The van der Waals surface area contributed by atoms with Gasteiger partial charge in [0, 0.05) is 12.0 Å². The number of carbonyl (C=O) groups excluding carboxylic acids is 1. The number of aryl methyl sites for hydroxylation is 1. The zero-order valence-corrected chi connectivity index (χ0v) is 10.6. The summed E-state index contributed by atoms with van der Waals surface area (Å²) in [5, 5.41) is 0. The van der Waals surface area contributed by atoms with E-state index in [0.29, 0.717) is 6.61 Å². The first-order valence-corrected chi connectivity index (χ1v) is 5.95. The second-order valence-corrected chi connectivity index (χ2v) is 4.79. The minimum absolute atomic E-state index is 0.0943. The van der Waals surface area contributed by atoms with Crippen molar-refractivity contribution >= 4 is 5.78 Å². The third-order valence-electron chi connectivity index (χ3n) is 3.35. The van der Waals surface area contributed by atoms with E-state index in [1.54, 1.807) is 0 Å². The third-order valence-corrected chi connectivity index (χ3v) is 3.35. The van der Waals surface area contributed by atoms with E-state index < -0.39 is 0 Å². The molecule has 0 fully saturated rings. The quantitative estimate of drug-likeness (QED) is 0.575. The molecule has 0 saturated heterocycles. The van der Waals surface area contributed by atoms with E-state index in [9.17, 15) is 4.79 Å². The van der Waals surface area contributed by atoms with Crippen molar-refractivity contribution in [1.82, 2.24) is 0 Å². The molecule has 2 nitrogen and oxygen atoms in total. The molecule has 0 spiro atoms. The van der Waals surface area contributed by atoms with Crippen molar-refractivity contribution in [2.24, 2.45) is 0 Å². The van der Waals surface area contributed by atoms with E-state index in [2.05, 4.69) is 13.8 Å². The molecule has 0 N–H and O–H groups in total. The number of hydrogen-bond acceptors (Lipinski definition) is 2. The molecule has 0 bridgehead atoms. The minimum Gasteiger partial charge on any atom is -0.365 e. The fourth-order valence-corrected chi connectivity index (χ4v) is 1.93. The number of benzene rings is 1. The molecule has 1 heterocycles. The van der Waals surface area contributed by atoms with Crippen LogP contribution in [0, 0.1) is 6.92 Å². The maximum Gasteiger partial charge on any atom is 0.191 e. The molecule has 0 radical (unpaired) electrons. The summed E-state index contributed by atoms with van der Waals surface area (Å²) in [5.74, 6) is 0.0943. The van der Waals surface area contributed by atoms with Crippen LogP contribution in [0.15, 0.2) is 35.4 Å². The van der Waals surface area contributed by atoms with Crippen LogP contribution in [-0.2, 0) is 4.74 Å². The van der Waals surface area contributed by atoms with Gasteiger partial charge < -0.3 is 4.74 Å². The number of ether oxygens (including phenoxy) is 1. The Morgan fingerprint density at radius 2 is 1.76 bits per heavy atom. The van der Waals surface area contributed by atoms with Crippen LogP contribution in [0.1, 0.15) is 36.2 Å². The largest absolute Gasteiger partial charge is 0.365 e. The molecule has 17 heavy (non-hydrogen) atoms. The van der Waals surface area contributed by atoms with Gasteiger partial charge in [0.25, 0.3) is 0 Å². The zero-order valence-electron chi connectivity index (χ0n) is 10.6. The van der Waals surface area contributed by atoms with Gasteiger partial charge in [0.05, 0.1) is 6.61 Å². The molecule has 90 valence electrons. The van der Waals surface area contributed by atoms with Gasteiger partial charge in [-0.3, -0.25) is 4.79 Å².